The molecule has 8 heteroatoms. The van der Waals surface area contributed by atoms with Crippen molar-refractivity contribution in [2.24, 2.45) is 0 Å². The molecule has 3 nitrogen and oxygen atoms in total. The molecule has 0 saturated carbocycles. The molecule has 8 rings (SSSR count). The number of aryl methyl sites for hydroxylation is 8. The van der Waals surface area contributed by atoms with Crippen LogP contribution in [0.3, 0.4) is 0 Å². The van der Waals surface area contributed by atoms with Crippen LogP contribution in [-0.2, 0) is 0 Å². The Kier molecular flexibility index (Phi) is 9.44. The minimum absolute atomic E-state index is 0.182. The Morgan fingerprint density at radius 1 is 0.344 bits per heavy atom. The highest BCUT2D eigenvalue weighted by atomic mass is 19.2. The predicted octanol–water partition coefficient (Wildman–Crippen LogP) is 15.0. The second-order valence-corrected chi connectivity index (χ2v) is 17.5. The maximum absolute atomic E-state index is 16.3. The number of rotatable bonds is 3. The zero-order valence-corrected chi connectivity index (χ0v) is 37.9. The summed E-state index contributed by atoms with van der Waals surface area (Å²) in [6, 6.07) is 5.41. The SMILES string of the molecule is Cc1c(C)c(C)c2c(c1C)c1c(C)c(C)c(C)c(C)c1n2-c1cc(-c2c(F)c(F)c(F)c(F)c2F)cc(-n2c3c(C)c(C)c(C)c(C)c3c3c(C)c(C)c(C)c(C)c32)c1C#N. The third-order valence-electron chi connectivity index (χ3n) is 15.2. The Morgan fingerprint density at radius 3 is 0.820 bits per heavy atom. The van der Waals surface area contributed by atoms with Crippen molar-refractivity contribution < 1.29 is 22.0 Å². The molecule has 0 saturated heterocycles. The van der Waals surface area contributed by atoms with Crippen molar-refractivity contribution in [1.29, 1.82) is 5.26 Å². The maximum atomic E-state index is 16.3. The summed E-state index contributed by atoms with van der Waals surface area (Å²) in [6.07, 6.45) is 0. The Balaban J connectivity index is 1.76. The van der Waals surface area contributed by atoms with Crippen molar-refractivity contribution in [3.05, 3.63) is 136 Å². The van der Waals surface area contributed by atoms with E-state index in [1.807, 2.05) is 36.8 Å². The van der Waals surface area contributed by atoms with E-state index < -0.39 is 34.6 Å². The van der Waals surface area contributed by atoms with Crippen LogP contribution in [0.2, 0.25) is 0 Å². The first-order valence-corrected chi connectivity index (χ1v) is 20.7. The molecule has 0 amide bonds. The standard InChI is InChI=1S/C53H50F5N3/c1-20-24(5)32(13)50-40(28(20)9)41-29(10)21(2)25(6)33(14)51(41)60(50)38-17-36(44-45(54)47(56)49(58)48(57)46(44)55)18-39(37(38)19-59)61-52-34(15)26(7)22(3)30(11)42(52)43-31(12)23(4)27(8)35(16)53(43)61/h17-18H,1-16H3. The normalized spacial score (nSPS) is 12.0. The van der Waals surface area contributed by atoms with Crippen LogP contribution in [0.1, 0.15) is 94.6 Å². The van der Waals surface area contributed by atoms with E-state index >= 15 is 17.6 Å². The maximum Gasteiger partial charge on any atom is 0.200 e. The van der Waals surface area contributed by atoms with Crippen molar-refractivity contribution in [3.8, 4) is 28.6 Å². The van der Waals surface area contributed by atoms with E-state index in [4.69, 9.17) is 0 Å². The molecule has 0 N–H and O–H groups in total. The van der Waals surface area contributed by atoms with Crippen LogP contribution in [0.4, 0.5) is 22.0 Å². The predicted molar refractivity (Wildman–Crippen MR) is 241 cm³/mol. The van der Waals surface area contributed by atoms with E-state index in [2.05, 4.69) is 89.2 Å². The third-order valence-corrected chi connectivity index (χ3v) is 15.2. The highest BCUT2D eigenvalue weighted by Crippen LogP contribution is 2.48. The molecule has 61 heavy (non-hydrogen) atoms. The van der Waals surface area contributed by atoms with Gasteiger partial charge in [-0.3, -0.25) is 0 Å². The number of halogens is 5. The first kappa shape index (κ1) is 41.8. The van der Waals surface area contributed by atoms with Gasteiger partial charge >= 0.3 is 0 Å². The molecule has 0 fully saturated rings. The van der Waals surface area contributed by atoms with Gasteiger partial charge < -0.3 is 9.13 Å². The highest BCUT2D eigenvalue weighted by molar-refractivity contribution is 6.17. The zero-order valence-electron chi connectivity index (χ0n) is 37.9. The average Bonchev–Trinajstić information content (AvgIpc) is 3.79. The number of benzene rings is 6. The van der Waals surface area contributed by atoms with Crippen LogP contribution in [0.5, 0.6) is 0 Å². The summed E-state index contributed by atoms with van der Waals surface area (Å²) < 4.78 is 82.0. The first-order chi connectivity index (χ1) is 28.5. The van der Waals surface area contributed by atoms with Gasteiger partial charge in [0.05, 0.1) is 39.0 Å². The summed E-state index contributed by atoms with van der Waals surface area (Å²) in [6.45, 7) is 33.1. The van der Waals surface area contributed by atoms with Gasteiger partial charge in [0.1, 0.15) is 11.6 Å². The van der Waals surface area contributed by atoms with Crippen LogP contribution >= 0.6 is 0 Å². The molecular weight excluding hydrogens is 774 g/mol. The second kappa shape index (κ2) is 13.8. The molecule has 0 aliphatic rings. The minimum atomic E-state index is -2.24. The largest absolute Gasteiger partial charge is 0.307 e. The van der Waals surface area contributed by atoms with Gasteiger partial charge in [0.25, 0.3) is 0 Å². The number of hydrogen-bond donors (Lipinski definition) is 0. The molecule has 0 bridgehead atoms. The topological polar surface area (TPSA) is 33.6 Å². The van der Waals surface area contributed by atoms with Gasteiger partial charge in [0.15, 0.2) is 23.3 Å². The van der Waals surface area contributed by atoms with E-state index in [-0.39, 0.29) is 22.5 Å². The van der Waals surface area contributed by atoms with Crippen LogP contribution < -0.4 is 0 Å². The Hall–Kier alpha value is -5.94. The van der Waals surface area contributed by atoms with E-state index in [9.17, 15) is 9.65 Å². The van der Waals surface area contributed by atoms with Gasteiger partial charge in [0, 0.05) is 21.5 Å². The number of nitrogens with zero attached hydrogens (tertiary/aromatic N) is 3. The second-order valence-electron chi connectivity index (χ2n) is 17.5. The number of hydrogen-bond acceptors (Lipinski definition) is 1. The minimum Gasteiger partial charge on any atom is -0.307 e. The molecule has 2 heterocycles. The van der Waals surface area contributed by atoms with E-state index in [0.717, 1.165) is 133 Å². The van der Waals surface area contributed by atoms with Gasteiger partial charge in [-0.1, -0.05) is 0 Å². The van der Waals surface area contributed by atoms with Crippen molar-refractivity contribution >= 4 is 43.6 Å². The van der Waals surface area contributed by atoms with E-state index in [1.54, 1.807) is 0 Å². The van der Waals surface area contributed by atoms with E-state index in [0.29, 0.717) is 0 Å². The lowest BCUT2D eigenvalue weighted by molar-refractivity contribution is 0.381. The molecule has 0 unspecified atom stereocenters. The van der Waals surface area contributed by atoms with Gasteiger partial charge in [-0.2, -0.15) is 5.26 Å². The van der Waals surface area contributed by atoms with Crippen molar-refractivity contribution in [2.75, 3.05) is 0 Å². The molecule has 312 valence electrons. The Labute approximate surface area is 354 Å². The van der Waals surface area contributed by atoms with Crippen LogP contribution in [0, 0.1) is 151 Å². The zero-order chi connectivity index (χ0) is 44.9. The molecule has 0 spiro atoms. The molecule has 6 aromatic carbocycles. The molecule has 2 aromatic heterocycles. The summed E-state index contributed by atoms with van der Waals surface area (Å²) in [4.78, 5) is 0. The van der Waals surface area contributed by atoms with Gasteiger partial charge in [0.2, 0.25) is 5.82 Å². The molecule has 0 aliphatic carbocycles. The first-order valence-electron chi connectivity index (χ1n) is 20.7. The molecule has 0 radical (unpaired) electrons. The lowest BCUT2D eigenvalue weighted by atomic mass is 9.90. The average molecular weight is 824 g/mol. The highest BCUT2D eigenvalue weighted by Gasteiger charge is 2.32. The molecule has 0 atom stereocenters. The van der Waals surface area contributed by atoms with Crippen molar-refractivity contribution in [3.63, 3.8) is 0 Å². The van der Waals surface area contributed by atoms with E-state index in [1.165, 1.54) is 12.1 Å². The number of nitriles is 1. The monoisotopic (exact) mass is 823 g/mol. The lowest BCUT2D eigenvalue weighted by Crippen LogP contribution is -2.10. The van der Waals surface area contributed by atoms with Crippen LogP contribution in [0.25, 0.3) is 66.1 Å². The molecular formula is C53H50F5N3. The van der Waals surface area contributed by atoms with Crippen LogP contribution in [-0.4, -0.2) is 9.13 Å². The van der Waals surface area contributed by atoms with Gasteiger partial charge in [-0.25, -0.2) is 22.0 Å². The van der Waals surface area contributed by atoms with Gasteiger partial charge in [-0.05, 0) is 217 Å². The summed E-state index contributed by atoms with van der Waals surface area (Å²) in [5.41, 5.74) is 19.3. The lowest BCUT2D eigenvalue weighted by Gasteiger charge is -2.22. The fraction of sp³-hybridized carbons (Fsp3) is 0.302. The van der Waals surface area contributed by atoms with Crippen molar-refractivity contribution in [2.45, 2.75) is 111 Å². The summed E-state index contributed by atoms with van der Waals surface area (Å²) in [5.74, 6) is -10.2. The smallest absolute Gasteiger partial charge is 0.200 e. The fourth-order valence-corrected chi connectivity index (χ4v) is 10.3. The quantitative estimate of drug-likeness (QED) is 0.0993. The van der Waals surface area contributed by atoms with Gasteiger partial charge in [-0.15, -0.1) is 0 Å². The summed E-state index contributed by atoms with van der Waals surface area (Å²) >= 11 is 0. The molecule has 8 aromatic rings. The fourth-order valence-electron chi connectivity index (χ4n) is 10.3. The summed E-state index contributed by atoms with van der Waals surface area (Å²) in [5, 5.41) is 15.6. The number of fused-ring (bicyclic) bond motifs is 6. The summed E-state index contributed by atoms with van der Waals surface area (Å²) in [7, 11) is 0. The van der Waals surface area contributed by atoms with Crippen LogP contribution in [0.15, 0.2) is 12.1 Å². The number of aromatic nitrogens is 2. The van der Waals surface area contributed by atoms with Crippen molar-refractivity contribution in [1.82, 2.24) is 9.13 Å². The molecule has 0 aliphatic heterocycles. The third kappa shape index (κ3) is 5.19. The Morgan fingerprint density at radius 2 is 0.574 bits per heavy atom. The Bertz CT molecular complexity index is 3050.